The first-order chi connectivity index (χ1) is 16.5. The summed E-state index contributed by atoms with van der Waals surface area (Å²) >= 11 is 0. The molecule has 3 rings (SSSR count). The fourth-order valence-corrected chi connectivity index (χ4v) is 2.96. The maximum Gasteiger partial charge on any atom is 0.271 e. The molecular weight excluding hydrogens is 438 g/mol. The van der Waals surface area contributed by atoms with E-state index >= 15 is 0 Å². The fraction of sp³-hybridized carbons (Fsp3) is 0.160. The lowest BCUT2D eigenvalue weighted by Gasteiger charge is -2.12. The number of anilines is 1. The molecule has 176 valence electrons. The molecule has 0 spiro atoms. The van der Waals surface area contributed by atoms with E-state index in [9.17, 15) is 9.59 Å². The van der Waals surface area contributed by atoms with Gasteiger partial charge in [0.25, 0.3) is 11.8 Å². The molecule has 0 bridgehead atoms. The van der Waals surface area contributed by atoms with E-state index in [1.54, 1.807) is 60.7 Å². The number of ether oxygens (including phenoxy) is 4. The Morgan fingerprint density at radius 2 is 1.65 bits per heavy atom. The van der Waals surface area contributed by atoms with Gasteiger partial charge >= 0.3 is 0 Å². The standard InChI is InChI=1S/C25H25N3O6/c1-31-19-8-6-7-18(14-19)25(30)28-26-15-17-11-12-22(23(13-17)33-3)34-16-24(29)27-20-9-4-5-10-21(20)32-2/h4-15H,16H2,1-3H3,(H,27,29)(H,28,30)/b26-15-. The predicted octanol–water partition coefficient (Wildman–Crippen LogP) is 3.49. The fourth-order valence-electron chi connectivity index (χ4n) is 2.96. The summed E-state index contributed by atoms with van der Waals surface area (Å²) in [6, 6.07) is 18.9. The van der Waals surface area contributed by atoms with Gasteiger partial charge in [0.05, 0.1) is 33.2 Å². The SMILES string of the molecule is COc1cccc(C(=O)N/N=C\c2ccc(OCC(=O)Nc3ccccc3OC)c(OC)c2)c1. The quantitative estimate of drug-likeness (QED) is 0.352. The van der Waals surface area contributed by atoms with Crippen LogP contribution in [0.3, 0.4) is 0 Å². The van der Waals surface area contributed by atoms with Crippen molar-refractivity contribution in [1.29, 1.82) is 0 Å². The van der Waals surface area contributed by atoms with Gasteiger partial charge in [-0.1, -0.05) is 18.2 Å². The first-order valence-corrected chi connectivity index (χ1v) is 10.2. The van der Waals surface area contributed by atoms with E-state index in [-0.39, 0.29) is 18.4 Å². The third-order valence-corrected chi connectivity index (χ3v) is 4.64. The normalized spacial score (nSPS) is 10.4. The Morgan fingerprint density at radius 3 is 2.41 bits per heavy atom. The molecule has 0 atom stereocenters. The summed E-state index contributed by atoms with van der Waals surface area (Å²) in [6.45, 7) is -0.224. The molecule has 9 heteroatoms. The van der Waals surface area contributed by atoms with Crippen LogP contribution < -0.4 is 29.7 Å². The van der Waals surface area contributed by atoms with Gasteiger partial charge in [0.1, 0.15) is 11.5 Å². The topological polar surface area (TPSA) is 107 Å². The number of carbonyl (C=O) groups excluding carboxylic acids is 2. The molecule has 0 unspecified atom stereocenters. The molecule has 3 aromatic rings. The number of benzene rings is 3. The minimum absolute atomic E-state index is 0.224. The van der Waals surface area contributed by atoms with Crippen LogP contribution in [0.15, 0.2) is 71.8 Å². The second-order valence-corrected chi connectivity index (χ2v) is 6.88. The van der Waals surface area contributed by atoms with Gasteiger partial charge in [-0.3, -0.25) is 9.59 Å². The van der Waals surface area contributed by atoms with Gasteiger partial charge in [-0.05, 0) is 54.1 Å². The number of nitrogens with zero attached hydrogens (tertiary/aromatic N) is 1. The van der Waals surface area contributed by atoms with Crippen LogP contribution in [0.2, 0.25) is 0 Å². The first-order valence-electron chi connectivity index (χ1n) is 10.2. The van der Waals surface area contributed by atoms with Crippen LogP contribution >= 0.6 is 0 Å². The van der Waals surface area contributed by atoms with Crippen LogP contribution in [-0.2, 0) is 4.79 Å². The highest BCUT2D eigenvalue weighted by molar-refractivity contribution is 5.95. The zero-order chi connectivity index (χ0) is 24.3. The van der Waals surface area contributed by atoms with Crippen molar-refractivity contribution in [3.63, 3.8) is 0 Å². The van der Waals surface area contributed by atoms with Crippen molar-refractivity contribution < 1.29 is 28.5 Å². The van der Waals surface area contributed by atoms with E-state index in [1.165, 1.54) is 27.5 Å². The maximum absolute atomic E-state index is 12.3. The third kappa shape index (κ3) is 6.49. The highest BCUT2D eigenvalue weighted by Crippen LogP contribution is 2.28. The Hall–Kier alpha value is -4.53. The minimum Gasteiger partial charge on any atom is -0.497 e. The number of carbonyl (C=O) groups is 2. The van der Waals surface area contributed by atoms with E-state index in [4.69, 9.17) is 18.9 Å². The van der Waals surface area contributed by atoms with E-state index in [0.29, 0.717) is 39.8 Å². The number of hydrazone groups is 1. The molecule has 0 aliphatic heterocycles. The summed E-state index contributed by atoms with van der Waals surface area (Å²) in [7, 11) is 4.55. The molecule has 0 aromatic heterocycles. The Kier molecular flexibility index (Phi) is 8.45. The molecule has 3 aromatic carbocycles. The van der Waals surface area contributed by atoms with Gasteiger partial charge < -0.3 is 24.3 Å². The number of amides is 2. The highest BCUT2D eigenvalue weighted by Gasteiger charge is 2.11. The Bertz CT molecular complexity index is 1180. The van der Waals surface area contributed by atoms with Crippen LogP contribution in [-0.4, -0.2) is 46.0 Å². The van der Waals surface area contributed by atoms with Crippen molar-refractivity contribution in [2.75, 3.05) is 33.3 Å². The van der Waals surface area contributed by atoms with Gasteiger partial charge in [-0.25, -0.2) is 5.43 Å². The minimum atomic E-state index is -0.372. The summed E-state index contributed by atoms with van der Waals surface area (Å²) < 4.78 is 21.3. The number of methoxy groups -OCH3 is 3. The van der Waals surface area contributed by atoms with Gasteiger partial charge in [0, 0.05) is 5.56 Å². The van der Waals surface area contributed by atoms with E-state index in [2.05, 4.69) is 15.8 Å². The van der Waals surface area contributed by atoms with Gasteiger partial charge in [-0.15, -0.1) is 0 Å². The van der Waals surface area contributed by atoms with Crippen LogP contribution in [0.5, 0.6) is 23.0 Å². The Balaban J connectivity index is 1.58. The molecule has 0 saturated heterocycles. The number of hydrogen-bond donors (Lipinski definition) is 2. The number of nitrogens with one attached hydrogen (secondary N) is 2. The van der Waals surface area contributed by atoms with Crippen molar-refractivity contribution in [2.45, 2.75) is 0 Å². The molecule has 9 nitrogen and oxygen atoms in total. The lowest BCUT2D eigenvalue weighted by Crippen LogP contribution is -2.20. The maximum atomic E-state index is 12.3. The zero-order valence-electron chi connectivity index (χ0n) is 19.0. The van der Waals surface area contributed by atoms with E-state index in [1.807, 2.05) is 6.07 Å². The Morgan fingerprint density at radius 1 is 0.853 bits per heavy atom. The van der Waals surface area contributed by atoms with E-state index in [0.717, 1.165) is 0 Å². The lowest BCUT2D eigenvalue weighted by molar-refractivity contribution is -0.118. The largest absolute Gasteiger partial charge is 0.497 e. The molecule has 0 aliphatic carbocycles. The molecule has 0 fully saturated rings. The molecule has 0 saturated carbocycles. The highest BCUT2D eigenvalue weighted by atomic mass is 16.5. The van der Waals surface area contributed by atoms with Crippen LogP contribution in [0.25, 0.3) is 0 Å². The number of para-hydroxylation sites is 2. The molecular formula is C25H25N3O6. The van der Waals surface area contributed by atoms with Crippen LogP contribution in [0, 0.1) is 0 Å². The molecule has 2 N–H and O–H groups in total. The smallest absolute Gasteiger partial charge is 0.271 e. The summed E-state index contributed by atoms with van der Waals surface area (Å²) in [5.41, 5.74) is 4.09. The zero-order valence-corrected chi connectivity index (χ0v) is 19.0. The van der Waals surface area contributed by atoms with Gasteiger partial charge in [-0.2, -0.15) is 5.10 Å². The lowest BCUT2D eigenvalue weighted by atomic mass is 10.2. The summed E-state index contributed by atoms with van der Waals surface area (Å²) in [4.78, 5) is 24.5. The van der Waals surface area contributed by atoms with Crippen LogP contribution in [0.4, 0.5) is 5.69 Å². The summed E-state index contributed by atoms with van der Waals surface area (Å²) in [5, 5.41) is 6.72. The van der Waals surface area contributed by atoms with Crippen molar-refractivity contribution in [1.82, 2.24) is 5.43 Å². The van der Waals surface area contributed by atoms with Crippen molar-refractivity contribution in [3.8, 4) is 23.0 Å². The molecule has 0 heterocycles. The van der Waals surface area contributed by atoms with Gasteiger partial charge in [0.15, 0.2) is 18.1 Å². The molecule has 0 radical (unpaired) electrons. The average molecular weight is 463 g/mol. The number of hydrogen-bond acceptors (Lipinski definition) is 7. The van der Waals surface area contributed by atoms with Crippen molar-refractivity contribution in [2.24, 2.45) is 5.10 Å². The molecule has 2 amide bonds. The van der Waals surface area contributed by atoms with Crippen LogP contribution in [0.1, 0.15) is 15.9 Å². The predicted molar refractivity (Wildman–Crippen MR) is 128 cm³/mol. The second-order valence-electron chi connectivity index (χ2n) is 6.88. The second kappa shape index (κ2) is 11.9. The van der Waals surface area contributed by atoms with Gasteiger partial charge in [0.2, 0.25) is 0 Å². The summed E-state index contributed by atoms with van der Waals surface area (Å²) in [6.07, 6.45) is 1.47. The number of rotatable bonds is 10. The van der Waals surface area contributed by atoms with E-state index < -0.39 is 0 Å². The monoisotopic (exact) mass is 463 g/mol. The summed E-state index contributed by atoms with van der Waals surface area (Å²) in [5.74, 6) is 1.20. The third-order valence-electron chi connectivity index (χ3n) is 4.64. The first kappa shape index (κ1) is 24.1. The van der Waals surface area contributed by atoms with Crippen molar-refractivity contribution in [3.05, 3.63) is 77.9 Å². The van der Waals surface area contributed by atoms with Crippen molar-refractivity contribution >= 4 is 23.7 Å². The molecule has 0 aliphatic rings. The Labute approximate surface area is 197 Å². The molecule has 34 heavy (non-hydrogen) atoms. The average Bonchev–Trinajstić information content (AvgIpc) is 2.88.